The second-order valence-electron chi connectivity index (χ2n) is 9.04. The molecule has 3 aromatic rings. The number of benzene rings is 1. The highest BCUT2D eigenvalue weighted by Crippen LogP contribution is 2.38. The molecule has 0 aliphatic carbocycles. The van der Waals surface area contributed by atoms with Gasteiger partial charge in [0.25, 0.3) is 5.91 Å². The van der Waals surface area contributed by atoms with Gasteiger partial charge in [-0.15, -0.1) is 0 Å². The van der Waals surface area contributed by atoms with Gasteiger partial charge in [0.15, 0.2) is 5.82 Å². The Morgan fingerprint density at radius 1 is 1.29 bits per heavy atom. The van der Waals surface area contributed by atoms with Gasteiger partial charge >= 0.3 is 0 Å². The number of nitriles is 1. The molecule has 2 aromatic heterocycles. The lowest BCUT2D eigenvalue weighted by Crippen LogP contribution is -2.41. The largest absolute Gasteiger partial charge is 0.377 e. The number of rotatable bonds is 8. The Balaban J connectivity index is 1.60. The van der Waals surface area contributed by atoms with Crippen molar-refractivity contribution < 1.29 is 9.53 Å². The summed E-state index contributed by atoms with van der Waals surface area (Å²) in [5.74, 6) is 0.708. The number of aromatic nitrogens is 2. The molecule has 1 aliphatic heterocycles. The number of hydrogen-bond acceptors (Lipinski definition) is 6. The summed E-state index contributed by atoms with van der Waals surface area (Å²) in [5.41, 5.74) is 3.54. The number of hydrogen-bond donors (Lipinski definition) is 0. The van der Waals surface area contributed by atoms with E-state index in [9.17, 15) is 10.1 Å². The zero-order chi connectivity index (χ0) is 24.5. The molecule has 8 heteroatoms. The van der Waals surface area contributed by atoms with Gasteiger partial charge in [-0.3, -0.25) is 4.79 Å². The van der Waals surface area contributed by atoms with Crippen LogP contribution in [0.25, 0.3) is 5.52 Å². The Hall–Kier alpha value is -3.70. The Labute approximate surface area is 200 Å². The first-order chi connectivity index (χ1) is 16.3. The second kappa shape index (κ2) is 9.27. The summed E-state index contributed by atoms with van der Waals surface area (Å²) in [6.07, 6.45) is 5.36. The predicted octanol–water partition coefficient (Wildman–Crippen LogP) is 4.18. The number of carbonyl (C=O) groups excluding carboxylic acids is 1. The zero-order valence-electron chi connectivity index (χ0n) is 20.3. The van der Waals surface area contributed by atoms with Crippen LogP contribution in [0.3, 0.4) is 0 Å². The van der Waals surface area contributed by atoms with Crippen molar-refractivity contribution in [1.29, 1.82) is 5.26 Å². The van der Waals surface area contributed by atoms with E-state index in [1.54, 1.807) is 29.7 Å². The molecule has 8 nitrogen and oxygen atoms in total. The van der Waals surface area contributed by atoms with Crippen LogP contribution in [0.2, 0.25) is 0 Å². The molecule has 0 fully saturated rings. The van der Waals surface area contributed by atoms with E-state index in [0.29, 0.717) is 31.2 Å². The molecule has 34 heavy (non-hydrogen) atoms. The molecule has 0 bridgehead atoms. The number of amides is 1. The predicted molar refractivity (Wildman–Crippen MR) is 132 cm³/mol. The first-order valence-corrected chi connectivity index (χ1v) is 11.5. The maximum absolute atomic E-state index is 13.0. The lowest BCUT2D eigenvalue weighted by Gasteiger charge is -2.32. The fraction of sp³-hybridized carbons (Fsp3) is 0.385. The summed E-state index contributed by atoms with van der Waals surface area (Å²) < 4.78 is 7.49. The van der Waals surface area contributed by atoms with Crippen LogP contribution in [0, 0.1) is 11.3 Å². The molecule has 1 aromatic carbocycles. The molecule has 1 aliphatic rings. The Bertz CT molecular complexity index is 1280. The molecular formula is C26H30N6O2. The van der Waals surface area contributed by atoms with E-state index >= 15 is 0 Å². The molecular weight excluding hydrogens is 428 g/mol. The quantitative estimate of drug-likeness (QED) is 0.373. The van der Waals surface area contributed by atoms with Crippen molar-refractivity contribution in [3.8, 4) is 6.07 Å². The summed E-state index contributed by atoms with van der Waals surface area (Å²) in [6.45, 7) is 11.8. The average molecular weight is 459 g/mol. The fourth-order valence-corrected chi connectivity index (χ4v) is 4.38. The molecule has 176 valence electrons. The van der Waals surface area contributed by atoms with Crippen molar-refractivity contribution in [2.24, 2.45) is 5.10 Å². The third-order valence-corrected chi connectivity index (χ3v) is 6.18. The second-order valence-corrected chi connectivity index (χ2v) is 9.04. The van der Waals surface area contributed by atoms with Crippen LogP contribution in [0.1, 0.15) is 61.8 Å². The number of fused-ring (bicyclic) bond motifs is 2. The van der Waals surface area contributed by atoms with E-state index < -0.39 is 5.54 Å². The lowest BCUT2D eigenvalue weighted by atomic mass is 9.92. The van der Waals surface area contributed by atoms with E-state index in [0.717, 1.165) is 22.2 Å². The molecule has 1 amide bonds. The normalized spacial score (nSPS) is 14.9. The van der Waals surface area contributed by atoms with Crippen LogP contribution in [-0.4, -0.2) is 52.2 Å². The van der Waals surface area contributed by atoms with Crippen LogP contribution in [-0.2, 0) is 10.3 Å². The summed E-state index contributed by atoms with van der Waals surface area (Å²) in [6, 6.07) is 11.7. The molecule has 0 unspecified atom stereocenters. The van der Waals surface area contributed by atoms with Gasteiger partial charge in [-0.25, -0.2) is 9.99 Å². The highest BCUT2D eigenvalue weighted by molar-refractivity contribution is 6.00. The number of hydrazone groups is 1. The Morgan fingerprint density at radius 3 is 2.79 bits per heavy atom. The maximum Gasteiger partial charge on any atom is 0.255 e. The van der Waals surface area contributed by atoms with Crippen molar-refractivity contribution >= 4 is 23.5 Å². The van der Waals surface area contributed by atoms with E-state index in [1.165, 1.54) is 0 Å². The summed E-state index contributed by atoms with van der Waals surface area (Å²) in [4.78, 5) is 19.4. The van der Waals surface area contributed by atoms with Gasteiger partial charge < -0.3 is 14.0 Å². The van der Waals surface area contributed by atoms with Crippen LogP contribution >= 0.6 is 0 Å². The molecule has 0 spiro atoms. The standard InChI is InChI=1S/C26H30N6O2/c1-6-32(24-23-10-8-20(16-27)30(23)12-11-28-24)29-17-19-7-9-21-22(15-19)26(4,5)31(25(21)33)13-14-34-18(2)3/h7-12,15,17-18H,6,13-14H2,1-5H3/b29-17+. The van der Waals surface area contributed by atoms with E-state index in [-0.39, 0.29) is 12.0 Å². The minimum atomic E-state index is -0.437. The molecule has 3 heterocycles. The first kappa shape index (κ1) is 23.5. The summed E-state index contributed by atoms with van der Waals surface area (Å²) >= 11 is 0. The fourth-order valence-electron chi connectivity index (χ4n) is 4.38. The Morgan fingerprint density at radius 2 is 2.09 bits per heavy atom. The SMILES string of the molecule is CCN(/N=C/c1ccc2c(c1)C(C)(C)N(CCOC(C)C)C2=O)c1nccn2c(C#N)ccc12. The highest BCUT2D eigenvalue weighted by Gasteiger charge is 2.42. The van der Waals surface area contributed by atoms with Crippen molar-refractivity contribution in [2.45, 2.75) is 46.3 Å². The topological polar surface area (TPSA) is 86.2 Å². The highest BCUT2D eigenvalue weighted by atomic mass is 16.5. The van der Waals surface area contributed by atoms with Gasteiger partial charge in [-0.05, 0) is 70.0 Å². The van der Waals surface area contributed by atoms with Gasteiger partial charge in [0.05, 0.1) is 30.0 Å². The van der Waals surface area contributed by atoms with E-state index in [4.69, 9.17) is 4.74 Å². The molecule has 0 atom stereocenters. The molecule has 4 rings (SSSR count). The van der Waals surface area contributed by atoms with Crippen LogP contribution in [0.5, 0.6) is 0 Å². The number of anilines is 1. The van der Waals surface area contributed by atoms with Gasteiger partial charge in [0.2, 0.25) is 0 Å². The third-order valence-electron chi connectivity index (χ3n) is 6.18. The van der Waals surface area contributed by atoms with Crippen molar-refractivity contribution in [3.05, 3.63) is 65.1 Å². The van der Waals surface area contributed by atoms with Crippen molar-refractivity contribution in [3.63, 3.8) is 0 Å². The number of carbonyl (C=O) groups is 1. The monoisotopic (exact) mass is 458 g/mol. The molecule has 0 saturated heterocycles. The van der Waals surface area contributed by atoms with Crippen LogP contribution < -0.4 is 5.01 Å². The number of nitrogens with zero attached hydrogens (tertiary/aromatic N) is 6. The van der Waals surface area contributed by atoms with Gasteiger partial charge in [-0.1, -0.05) is 6.07 Å². The van der Waals surface area contributed by atoms with Gasteiger partial charge in [0, 0.05) is 31.0 Å². The maximum atomic E-state index is 13.0. The summed E-state index contributed by atoms with van der Waals surface area (Å²) in [7, 11) is 0. The zero-order valence-corrected chi connectivity index (χ0v) is 20.3. The lowest BCUT2D eigenvalue weighted by molar-refractivity contribution is 0.0307. The van der Waals surface area contributed by atoms with Crippen LogP contribution in [0.4, 0.5) is 5.82 Å². The van der Waals surface area contributed by atoms with E-state index in [1.807, 2.05) is 54.3 Å². The minimum Gasteiger partial charge on any atom is -0.377 e. The van der Waals surface area contributed by atoms with Crippen molar-refractivity contribution in [2.75, 3.05) is 24.7 Å². The molecule has 0 saturated carbocycles. The van der Waals surface area contributed by atoms with Gasteiger partial charge in [0.1, 0.15) is 11.8 Å². The van der Waals surface area contributed by atoms with Crippen molar-refractivity contribution in [1.82, 2.24) is 14.3 Å². The minimum absolute atomic E-state index is 0.0310. The molecule has 0 radical (unpaired) electrons. The van der Waals surface area contributed by atoms with Gasteiger partial charge in [-0.2, -0.15) is 10.4 Å². The molecule has 0 N–H and O–H groups in total. The average Bonchev–Trinajstić information content (AvgIpc) is 3.32. The van der Waals surface area contributed by atoms with E-state index in [2.05, 4.69) is 30.0 Å². The Kier molecular flexibility index (Phi) is 6.40. The van der Waals surface area contributed by atoms with Crippen LogP contribution in [0.15, 0.2) is 47.8 Å². The number of ether oxygens (including phenoxy) is 1. The smallest absolute Gasteiger partial charge is 0.255 e. The third kappa shape index (κ3) is 4.15. The summed E-state index contributed by atoms with van der Waals surface area (Å²) in [5, 5.41) is 15.8. The first-order valence-electron chi connectivity index (χ1n) is 11.5.